The first kappa shape index (κ1) is 18.8. The molecule has 1 fully saturated rings. The van der Waals surface area contributed by atoms with E-state index in [0.717, 1.165) is 25.9 Å². The van der Waals surface area contributed by atoms with Crippen LogP contribution in [0.1, 0.15) is 33.6 Å². The molecule has 1 aliphatic rings. The topological polar surface area (TPSA) is 63.7 Å². The number of hydrogen-bond acceptors (Lipinski definition) is 4. The normalized spacial score (nSPS) is 16.9. The second kappa shape index (κ2) is 7.13. The molecule has 24 heavy (non-hydrogen) atoms. The molecule has 1 aromatic carbocycles. The second-order valence-electron chi connectivity index (χ2n) is 7.54. The average Bonchev–Trinajstić information content (AvgIpc) is 2.51. The van der Waals surface area contributed by atoms with E-state index < -0.39 is 9.84 Å². The molecule has 0 saturated carbocycles. The largest absolute Gasteiger partial charge is 0.493 e. The minimum atomic E-state index is -3.22. The maximum atomic E-state index is 12.3. The molecule has 5 nitrogen and oxygen atoms in total. The Bertz CT molecular complexity index is 683. The zero-order chi connectivity index (χ0) is 18.0. The molecule has 1 amide bonds. The van der Waals surface area contributed by atoms with Crippen molar-refractivity contribution in [3.8, 4) is 5.75 Å². The van der Waals surface area contributed by atoms with Gasteiger partial charge in [0.05, 0.1) is 11.5 Å². The summed E-state index contributed by atoms with van der Waals surface area (Å²) >= 11 is 0. The van der Waals surface area contributed by atoms with E-state index in [2.05, 4.69) is 0 Å². The fraction of sp³-hybridized carbons (Fsp3) is 0.611. The van der Waals surface area contributed by atoms with Crippen molar-refractivity contribution in [3.63, 3.8) is 0 Å². The van der Waals surface area contributed by atoms with E-state index in [1.165, 1.54) is 6.26 Å². The number of benzene rings is 1. The van der Waals surface area contributed by atoms with Crippen LogP contribution in [0.25, 0.3) is 0 Å². The molecular formula is C18H27NO4S. The van der Waals surface area contributed by atoms with Gasteiger partial charge < -0.3 is 9.64 Å². The highest BCUT2D eigenvalue weighted by Crippen LogP contribution is 2.25. The summed E-state index contributed by atoms with van der Waals surface area (Å²) in [6, 6.07) is 6.59. The van der Waals surface area contributed by atoms with Crippen molar-refractivity contribution in [1.29, 1.82) is 0 Å². The molecule has 1 aromatic rings. The highest BCUT2D eigenvalue weighted by atomic mass is 32.2. The van der Waals surface area contributed by atoms with Gasteiger partial charge in [0.15, 0.2) is 9.84 Å². The number of nitrogens with zero attached hydrogens (tertiary/aromatic N) is 1. The van der Waals surface area contributed by atoms with Crippen LogP contribution in [0.15, 0.2) is 29.2 Å². The number of likely N-dealkylation sites (tertiary alicyclic amines) is 1. The first-order valence-corrected chi connectivity index (χ1v) is 10.2. The van der Waals surface area contributed by atoms with Crippen LogP contribution in [0.3, 0.4) is 0 Å². The number of ether oxygens (including phenoxy) is 1. The number of piperidine rings is 1. The standard InChI is InChI=1S/C18H27NO4S/c1-18(2,3)17(20)19-10-8-14(9-11-19)13-23-15-6-5-7-16(12-15)24(4,21)22/h5-7,12,14H,8-11,13H2,1-4H3. The van der Waals surface area contributed by atoms with Gasteiger partial charge in [-0.2, -0.15) is 0 Å². The Hall–Kier alpha value is -1.56. The van der Waals surface area contributed by atoms with E-state index in [1.54, 1.807) is 24.3 Å². The van der Waals surface area contributed by atoms with Crippen molar-refractivity contribution in [2.24, 2.45) is 11.3 Å². The van der Waals surface area contributed by atoms with Crippen LogP contribution in [-0.4, -0.2) is 45.2 Å². The Morgan fingerprint density at radius 1 is 1.25 bits per heavy atom. The highest BCUT2D eigenvalue weighted by Gasteiger charge is 2.30. The quantitative estimate of drug-likeness (QED) is 0.835. The van der Waals surface area contributed by atoms with Crippen LogP contribution in [0.5, 0.6) is 5.75 Å². The molecule has 0 spiro atoms. The lowest BCUT2D eigenvalue weighted by Crippen LogP contribution is -2.44. The number of rotatable bonds is 4. The Kier molecular flexibility index (Phi) is 5.58. The monoisotopic (exact) mass is 353 g/mol. The van der Waals surface area contributed by atoms with Gasteiger partial charge in [-0.25, -0.2) is 8.42 Å². The summed E-state index contributed by atoms with van der Waals surface area (Å²) in [5.41, 5.74) is -0.338. The van der Waals surface area contributed by atoms with Crippen molar-refractivity contribution in [3.05, 3.63) is 24.3 Å². The molecule has 1 aliphatic heterocycles. The Labute approximate surface area is 144 Å². The van der Waals surface area contributed by atoms with Gasteiger partial charge in [0.1, 0.15) is 5.75 Å². The van der Waals surface area contributed by atoms with Gasteiger partial charge in [-0.15, -0.1) is 0 Å². The predicted molar refractivity (Wildman–Crippen MR) is 93.8 cm³/mol. The third-order valence-electron chi connectivity index (χ3n) is 4.26. The van der Waals surface area contributed by atoms with Crippen LogP contribution in [-0.2, 0) is 14.6 Å². The molecule has 0 unspecified atom stereocenters. The zero-order valence-electron chi connectivity index (χ0n) is 14.9. The number of carbonyl (C=O) groups is 1. The van der Waals surface area contributed by atoms with Gasteiger partial charge in [-0.05, 0) is 37.0 Å². The molecule has 6 heteroatoms. The summed E-state index contributed by atoms with van der Waals surface area (Å²) in [5.74, 6) is 1.16. The van der Waals surface area contributed by atoms with Gasteiger partial charge in [0, 0.05) is 24.8 Å². The summed E-state index contributed by atoms with van der Waals surface area (Å²) in [6.45, 7) is 7.89. The molecule has 1 saturated heterocycles. The summed E-state index contributed by atoms with van der Waals surface area (Å²) in [5, 5.41) is 0. The molecule has 0 aromatic heterocycles. The van der Waals surface area contributed by atoms with E-state index in [4.69, 9.17) is 4.74 Å². The molecule has 1 heterocycles. The van der Waals surface area contributed by atoms with Gasteiger partial charge >= 0.3 is 0 Å². The van der Waals surface area contributed by atoms with E-state index in [1.807, 2.05) is 25.7 Å². The SMILES string of the molecule is CC(C)(C)C(=O)N1CCC(COc2cccc(S(C)(=O)=O)c2)CC1. The zero-order valence-corrected chi connectivity index (χ0v) is 15.7. The van der Waals surface area contributed by atoms with Crippen molar-refractivity contribution in [2.75, 3.05) is 26.0 Å². The molecule has 0 aliphatic carbocycles. The van der Waals surface area contributed by atoms with Gasteiger partial charge in [0.25, 0.3) is 0 Å². The first-order chi connectivity index (χ1) is 11.1. The summed E-state index contributed by atoms with van der Waals surface area (Å²) < 4.78 is 28.9. The summed E-state index contributed by atoms with van der Waals surface area (Å²) in [7, 11) is -3.22. The minimum absolute atomic E-state index is 0.197. The van der Waals surface area contributed by atoms with E-state index in [9.17, 15) is 13.2 Å². The number of sulfone groups is 1. The fourth-order valence-electron chi connectivity index (χ4n) is 2.79. The van der Waals surface area contributed by atoms with Crippen LogP contribution < -0.4 is 4.74 Å². The van der Waals surface area contributed by atoms with Crippen LogP contribution >= 0.6 is 0 Å². The maximum absolute atomic E-state index is 12.3. The van der Waals surface area contributed by atoms with Crippen molar-refractivity contribution < 1.29 is 17.9 Å². The molecule has 0 atom stereocenters. The third kappa shape index (κ3) is 4.97. The smallest absolute Gasteiger partial charge is 0.227 e. The van der Waals surface area contributed by atoms with Crippen molar-refractivity contribution >= 4 is 15.7 Å². The van der Waals surface area contributed by atoms with Crippen molar-refractivity contribution in [1.82, 2.24) is 4.90 Å². The van der Waals surface area contributed by atoms with E-state index >= 15 is 0 Å². The summed E-state index contributed by atoms with van der Waals surface area (Å²) in [6.07, 6.45) is 3.01. The predicted octanol–water partition coefficient (Wildman–Crippen LogP) is 2.75. The number of amides is 1. The van der Waals surface area contributed by atoms with Crippen LogP contribution in [0.4, 0.5) is 0 Å². The Morgan fingerprint density at radius 2 is 1.88 bits per heavy atom. The van der Waals surface area contributed by atoms with Crippen LogP contribution in [0, 0.1) is 11.3 Å². The molecular weight excluding hydrogens is 326 g/mol. The molecule has 2 rings (SSSR count). The van der Waals surface area contributed by atoms with Gasteiger partial charge in [-0.1, -0.05) is 26.8 Å². The third-order valence-corrected chi connectivity index (χ3v) is 5.37. The number of hydrogen-bond donors (Lipinski definition) is 0. The molecule has 0 radical (unpaired) electrons. The Balaban J connectivity index is 1.86. The lowest BCUT2D eigenvalue weighted by molar-refractivity contribution is -0.141. The first-order valence-electron chi connectivity index (χ1n) is 8.29. The lowest BCUT2D eigenvalue weighted by atomic mass is 9.91. The lowest BCUT2D eigenvalue weighted by Gasteiger charge is -2.35. The van der Waals surface area contributed by atoms with E-state index in [0.29, 0.717) is 18.3 Å². The number of carbonyl (C=O) groups excluding carboxylic acids is 1. The molecule has 0 bridgehead atoms. The van der Waals surface area contributed by atoms with Crippen molar-refractivity contribution in [2.45, 2.75) is 38.5 Å². The average molecular weight is 353 g/mol. The Morgan fingerprint density at radius 3 is 2.42 bits per heavy atom. The summed E-state index contributed by atoms with van der Waals surface area (Å²) in [4.78, 5) is 14.5. The molecule has 134 valence electrons. The maximum Gasteiger partial charge on any atom is 0.227 e. The van der Waals surface area contributed by atoms with Crippen LogP contribution in [0.2, 0.25) is 0 Å². The van der Waals surface area contributed by atoms with Gasteiger partial charge in [-0.3, -0.25) is 4.79 Å². The second-order valence-corrected chi connectivity index (χ2v) is 9.56. The van der Waals surface area contributed by atoms with Gasteiger partial charge in [0.2, 0.25) is 5.91 Å². The minimum Gasteiger partial charge on any atom is -0.493 e. The fourth-order valence-corrected chi connectivity index (χ4v) is 3.44. The molecule has 0 N–H and O–H groups in total. The highest BCUT2D eigenvalue weighted by molar-refractivity contribution is 7.90. The van der Waals surface area contributed by atoms with E-state index in [-0.39, 0.29) is 16.2 Å².